The quantitative estimate of drug-likeness (QED) is 0.886. The Morgan fingerprint density at radius 1 is 1.17 bits per heavy atom. The third kappa shape index (κ3) is 3.09. The van der Waals surface area contributed by atoms with E-state index in [0.29, 0.717) is 10.6 Å². The maximum Gasteiger partial charge on any atom is 0.126 e. The van der Waals surface area contributed by atoms with Crippen molar-refractivity contribution in [1.29, 1.82) is 0 Å². The molecular weight excluding hydrogens is 251 g/mol. The van der Waals surface area contributed by atoms with Gasteiger partial charge in [0.15, 0.2) is 0 Å². The highest BCUT2D eigenvalue weighted by molar-refractivity contribution is 6.30. The van der Waals surface area contributed by atoms with Crippen molar-refractivity contribution in [1.82, 2.24) is 0 Å². The van der Waals surface area contributed by atoms with Gasteiger partial charge in [-0.3, -0.25) is 0 Å². The molecule has 0 radical (unpaired) electrons. The molecule has 2 rings (SSSR count). The first-order chi connectivity index (χ1) is 8.56. The van der Waals surface area contributed by atoms with Crippen molar-refractivity contribution in [3.63, 3.8) is 0 Å². The fourth-order valence-corrected chi connectivity index (χ4v) is 2.01. The first-order valence-corrected chi connectivity index (χ1v) is 6.12. The largest absolute Gasteiger partial charge is 0.388 e. The third-order valence-corrected chi connectivity index (χ3v) is 3.12. The summed E-state index contributed by atoms with van der Waals surface area (Å²) in [5.74, 6) is -0.342. The Bertz CT molecular complexity index is 537. The lowest BCUT2D eigenvalue weighted by Crippen LogP contribution is -2.03. The molecule has 1 nitrogen and oxygen atoms in total. The first kappa shape index (κ1) is 13.1. The van der Waals surface area contributed by atoms with E-state index in [0.717, 1.165) is 11.1 Å². The van der Waals surface area contributed by atoms with E-state index in [-0.39, 0.29) is 12.2 Å². The predicted molar refractivity (Wildman–Crippen MR) is 71.3 cm³/mol. The molecule has 3 heteroatoms. The average molecular weight is 265 g/mol. The van der Waals surface area contributed by atoms with Crippen LogP contribution in [0.5, 0.6) is 0 Å². The standard InChI is InChI=1S/C15H14ClFO/c1-10-2-4-11(5-3-10)15(18)9-12-8-13(16)6-7-14(12)17/h2-8,15,18H,9H2,1H3. The van der Waals surface area contributed by atoms with Crippen molar-refractivity contribution in [3.05, 3.63) is 70.0 Å². The first-order valence-electron chi connectivity index (χ1n) is 5.75. The summed E-state index contributed by atoms with van der Waals surface area (Å²) in [6, 6.07) is 11.9. The summed E-state index contributed by atoms with van der Waals surface area (Å²) in [4.78, 5) is 0. The molecule has 0 heterocycles. The van der Waals surface area contributed by atoms with Gasteiger partial charge in [0, 0.05) is 11.4 Å². The smallest absolute Gasteiger partial charge is 0.126 e. The molecule has 1 unspecified atom stereocenters. The number of hydrogen-bond donors (Lipinski definition) is 1. The van der Waals surface area contributed by atoms with E-state index in [9.17, 15) is 9.50 Å². The Morgan fingerprint density at radius 2 is 1.83 bits per heavy atom. The summed E-state index contributed by atoms with van der Waals surface area (Å²) in [6.45, 7) is 1.98. The summed E-state index contributed by atoms with van der Waals surface area (Å²) in [6.07, 6.45) is -0.506. The Hall–Kier alpha value is -1.38. The van der Waals surface area contributed by atoms with E-state index < -0.39 is 6.10 Å². The van der Waals surface area contributed by atoms with Gasteiger partial charge in [-0.15, -0.1) is 0 Å². The topological polar surface area (TPSA) is 20.2 Å². The molecular formula is C15H14ClFO. The van der Waals surface area contributed by atoms with Crippen LogP contribution in [-0.2, 0) is 6.42 Å². The van der Waals surface area contributed by atoms with Crippen LogP contribution >= 0.6 is 11.6 Å². The van der Waals surface area contributed by atoms with Crippen LogP contribution in [0.1, 0.15) is 22.8 Å². The molecule has 1 atom stereocenters. The van der Waals surface area contributed by atoms with Gasteiger partial charge in [-0.2, -0.15) is 0 Å². The maximum absolute atomic E-state index is 13.5. The lowest BCUT2D eigenvalue weighted by molar-refractivity contribution is 0.177. The molecule has 0 amide bonds. The number of benzene rings is 2. The fourth-order valence-electron chi connectivity index (χ4n) is 1.81. The second-order valence-electron chi connectivity index (χ2n) is 4.37. The highest BCUT2D eigenvalue weighted by Gasteiger charge is 2.12. The van der Waals surface area contributed by atoms with Crippen LogP contribution in [0.2, 0.25) is 5.02 Å². The van der Waals surface area contributed by atoms with Crippen molar-refractivity contribution in [3.8, 4) is 0 Å². The number of halogens is 2. The maximum atomic E-state index is 13.5. The molecule has 1 N–H and O–H groups in total. The van der Waals surface area contributed by atoms with E-state index in [1.165, 1.54) is 12.1 Å². The molecule has 18 heavy (non-hydrogen) atoms. The van der Waals surface area contributed by atoms with E-state index in [2.05, 4.69) is 0 Å². The highest BCUT2D eigenvalue weighted by atomic mass is 35.5. The van der Waals surface area contributed by atoms with Crippen LogP contribution in [-0.4, -0.2) is 5.11 Å². The minimum Gasteiger partial charge on any atom is -0.388 e. The minimum atomic E-state index is -0.724. The molecule has 2 aromatic rings. The Labute approximate surface area is 111 Å². The van der Waals surface area contributed by atoms with Gasteiger partial charge in [-0.25, -0.2) is 4.39 Å². The Morgan fingerprint density at radius 3 is 2.50 bits per heavy atom. The monoisotopic (exact) mass is 264 g/mol. The summed E-state index contributed by atoms with van der Waals surface area (Å²) in [5, 5.41) is 10.5. The van der Waals surface area contributed by atoms with Crippen molar-refractivity contribution in [2.45, 2.75) is 19.4 Å². The normalized spacial score (nSPS) is 12.4. The molecule has 0 bridgehead atoms. The molecule has 0 saturated carbocycles. The molecule has 0 aliphatic carbocycles. The zero-order valence-corrected chi connectivity index (χ0v) is 10.8. The average Bonchev–Trinajstić information content (AvgIpc) is 2.34. The number of rotatable bonds is 3. The van der Waals surface area contributed by atoms with Gasteiger partial charge < -0.3 is 5.11 Å². The Balaban J connectivity index is 2.18. The number of aliphatic hydroxyl groups excluding tert-OH is 1. The number of hydrogen-bond acceptors (Lipinski definition) is 1. The lowest BCUT2D eigenvalue weighted by atomic mass is 10.0. The van der Waals surface area contributed by atoms with Crippen molar-refractivity contribution < 1.29 is 9.50 Å². The number of aliphatic hydroxyl groups is 1. The van der Waals surface area contributed by atoms with Crippen molar-refractivity contribution in [2.24, 2.45) is 0 Å². The van der Waals surface area contributed by atoms with Crippen molar-refractivity contribution >= 4 is 11.6 Å². The van der Waals surface area contributed by atoms with Crippen LogP contribution in [0.15, 0.2) is 42.5 Å². The van der Waals surface area contributed by atoms with Crippen LogP contribution in [0, 0.1) is 12.7 Å². The van der Waals surface area contributed by atoms with Gasteiger partial charge in [0.2, 0.25) is 0 Å². The van der Waals surface area contributed by atoms with Gasteiger partial charge in [0.05, 0.1) is 6.10 Å². The summed E-state index contributed by atoms with van der Waals surface area (Å²) in [7, 11) is 0. The van der Waals surface area contributed by atoms with Gasteiger partial charge in [0.1, 0.15) is 5.82 Å². The van der Waals surface area contributed by atoms with Gasteiger partial charge in [0.25, 0.3) is 0 Å². The van der Waals surface area contributed by atoms with Crippen LogP contribution in [0.3, 0.4) is 0 Å². The molecule has 2 aromatic carbocycles. The van der Waals surface area contributed by atoms with Crippen LogP contribution < -0.4 is 0 Å². The molecule has 0 saturated heterocycles. The molecule has 0 aliphatic rings. The highest BCUT2D eigenvalue weighted by Crippen LogP contribution is 2.22. The van der Waals surface area contributed by atoms with Crippen LogP contribution in [0.25, 0.3) is 0 Å². The molecule has 0 aliphatic heterocycles. The summed E-state index contributed by atoms with van der Waals surface area (Å²) < 4.78 is 13.5. The lowest BCUT2D eigenvalue weighted by Gasteiger charge is -2.12. The van der Waals surface area contributed by atoms with E-state index in [1.54, 1.807) is 6.07 Å². The van der Waals surface area contributed by atoms with E-state index >= 15 is 0 Å². The van der Waals surface area contributed by atoms with Gasteiger partial charge >= 0.3 is 0 Å². The summed E-state index contributed by atoms with van der Waals surface area (Å²) >= 11 is 5.82. The zero-order chi connectivity index (χ0) is 13.1. The predicted octanol–water partition coefficient (Wildman–Crippen LogP) is 4.06. The second kappa shape index (κ2) is 5.51. The molecule has 0 spiro atoms. The van der Waals surface area contributed by atoms with Gasteiger partial charge in [-0.1, -0.05) is 41.4 Å². The van der Waals surface area contributed by atoms with Crippen LogP contribution in [0.4, 0.5) is 4.39 Å². The number of aryl methyl sites for hydroxylation is 1. The molecule has 0 aromatic heterocycles. The van der Waals surface area contributed by atoms with Gasteiger partial charge in [-0.05, 0) is 36.2 Å². The molecule has 94 valence electrons. The van der Waals surface area contributed by atoms with E-state index in [4.69, 9.17) is 11.6 Å². The second-order valence-corrected chi connectivity index (χ2v) is 4.80. The van der Waals surface area contributed by atoms with E-state index in [1.807, 2.05) is 31.2 Å². The SMILES string of the molecule is Cc1ccc(C(O)Cc2cc(Cl)ccc2F)cc1. The third-order valence-electron chi connectivity index (χ3n) is 2.88. The fraction of sp³-hybridized carbons (Fsp3) is 0.200. The molecule has 0 fully saturated rings. The minimum absolute atomic E-state index is 0.218. The van der Waals surface area contributed by atoms with Crippen molar-refractivity contribution in [2.75, 3.05) is 0 Å². The summed E-state index contributed by atoms with van der Waals surface area (Å²) in [5.41, 5.74) is 2.33. The zero-order valence-electron chi connectivity index (χ0n) is 10.0. The Kier molecular flexibility index (Phi) is 4.00.